The van der Waals surface area contributed by atoms with E-state index in [9.17, 15) is 17.6 Å². The van der Waals surface area contributed by atoms with Gasteiger partial charge in [-0.1, -0.05) is 48.5 Å². The second-order valence-corrected chi connectivity index (χ2v) is 10.6. The number of aryl methyl sites for hydroxylation is 1. The summed E-state index contributed by atoms with van der Waals surface area (Å²) in [6.45, 7) is 3.37. The highest BCUT2D eigenvalue weighted by Gasteiger charge is 2.33. The van der Waals surface area contributed by atoms with Crippen molar-refractivity contribution >= 4 is 32.7 Å². The molecule has 0 amide bonds. The van der Waals surface area contributed by atoms with E-state index >= 15 is 0 Å². The van der Waals surface area contributed by atoms with Crippen molar-refractivity contribution < 1.29 is 22.3 Å². The number of para-hydroxylation sites is 1. The number of hydrogen-bond acceptors (Lipinski definition) is 6. The second-order valence-electron chi connectivity index (χ2n) is 8.72. The number of carbonyl (C=O) groups is 1. The van der Waals surface area contributed by atoms with Gasteiger partial charge in [-0.15, -0.1) is 0 Å². The lowest BCUT2D eigenvalue weighted by Gasteiger charge is -2.27. The van der Waals surface area contributed by atoms with Gasteiger partial charge in [-0.05, 0) is 55.8 Å². The van der Waals surface area contributed by atoms with Crippen molar-refractivity contribution in [2.45, 2.75) is 25.3 Å². The van der Waals surface area contributed by atoms with E-state index in [1.54, 1.807) is 42.8 Å². The number of pyridine rings is 1. The van der Waals surface area contributed by atoms with Crippen molar-refractivity contribution in [3.05, 3.63) is 114 Å². The molecule has 10 heteroatoms. The van der Waals surface area contributed by atoms with E-state index < -0.39 is 21.8 Å². The molecule has 8 nitrogen and oxygen atoms in total. The summed E-state index contributed by atoms with van der Waals surface area (Å²) in [4.78, 5) is 17.6. The summed E-state index contributed by atoms with van der Waals surface area (Å²) in [5.74, 6) is -1.29. The number of aromatic nitrogens is 3. The van der Waals surface area contributed by atoms with Crippen molar-refractivity contribution in [3.63, 3.8) is 0 Å². The quantitative estimate of drug-likeness (QED) is 0.242. The molecule has 39 heavy (non-hydrogen) atoms. The predicted molar refractivity (Wildman–Crippen MR) is 146 cm³/mol. The fraction of sp³-hybridized carbons (Fsp3) is 0.138. The van der Waals surface area contributed by atoms with Crippen molar-refractivity contribution in [2.75, 3.05) is 10.9 Å². The van der Waals surface area contributed by atoms with Gasteiger partial charge in [0.15, 0.2) is 5.65 Å². The summed E-state index contributed by atoms with van der Waals surface area (Å²) in [5, 5.41) is 5.03. The zero-order valence-corrected chi connectivity index (χ0v) is 22.1. The first kappa shape index (κ1) is 26.1. The molecule has 2 heterocycles. The lowest BCUT2D eigenvalue weighted by Crippen LogP contribution is -2.32. The number of benzene rings is 3. The highest BCUT2D eigenvalue weighted by Crippen LogP contribution is 2.38. The Bertz CT molecular complexity index is 1740. The average molecular weight is 545 g/mol. The molecule has 2 aromatic heterocycles. The van der Waals surface area contributed by atoms with Gasteiger partial charge in [-0.2, -0.15) is 5.10 Å². The first-order valence-corrected chi connectivity index (χ1v) is 13.7. The van der Waals surface area contributed by atoms with Gasteiger partial charge in [0.25, 0.3) is 10.0 Å². The van der Waals surface area contributed by atoms with Crippen molar-refractivity contribution in [1.29, 1.82) is 0 Å². The third-order valence-corrected chi connectivity index (χ3v) is 7.92. The van der Waals surface area contributed by atoms with Gasteiger partial charge in [0, 0.05) is 6.20 Å². The summed E-state index contributed by atoms with van der Waals surface area (Å²) >= 11 is 0. The molecular formula is C29H25FN4O4S. The van der Waals surface area contributed by atoms with Crippen LogP contribution in [-0.4, -0.2) is 35.8 Å². The molecular weight excluding hydrogens is 519 g/mol. The standard InChI is InChI=1S/C29H25FN4O4S/c1-3-38-29(35)25-18-31-28-26(20(2)32-34(28)23-12-8-5-9-13-23)27(25)33(19-21-10-6-4-7-11-21)39(36,37)24-16-14-22(30)15-17-24/h4-18H,3,19H2,1-2H3. The van der Waals surface area contributed by atoms with Crippen LogP contribution in [-0.2, 0) is 21.3 Å². The molecule has 0 atom stereocenters. The number of anilines is 1. The summed E-state index contributed by atoms with van der Waals surface area (Å²) < 4.78 is 50.2. The number of hydrogen-bond donors (Lipinski definition) is 0. The van der Waals surface area contributed by atoms with Gasteiger partial charge in [-0.25, -0.2) is 27.3 Å². The Morgan fingerprint density at radius 1 is 0.974 bits per heavy atom. The molecule has 0 N–H and O–H groups in total. The molecule has 0 fully saturated rings. The highest BCUT2D eigenvalue weighted by atomic mass is 32.2. The molecule has 0 aliphatic rings. The molecule has 0 saturated heterocycles. The molecule has 0 bridgehead atoms. The predicted octanol–water partition coefficient (Wildman–Crippen LogP) is 5.44. The number of esters is 1. The topological polar surface area (TPSA) is 94.4 Å². The SMILES string of the molecule is CCOC(=O)c1cnc2c(c(C)nn2-c2ccccc2)c1N(Cc1ccccc1)S(=O)(=O)c1ccc(F)cc1. The molecule has 5 rings (SSSR count). The van der Waals surface area contributed by atoms with Crippen LogP contribution in [0, 0.1) is 12.7 Å². The van der Waals surface area contributed by atoms with E-state index in [1.807, 2.05) is 36.4 Å². The minimum Gasteiger partial charge on any atom is -0.462 e. The third kappa shape index (κ3) is 4.98. The van der Waals surface area contributed by atoms with E-state index in [0.29, 0.717) is 28.0 Å². The molecule has 0 spiro atoms. The zero-order chi connectivity index (χ0) is 27.6. The molecule has 3 aromatic carbocycles. The Balaban J connectivity index is 1.84. The maximum atomic E-state index is 14.2. The number of ether oxygens (including phenoxy) is 1. The largest absolute Gasteiger partial charge is 0.462 e. The van der Waals surface area contributed by atoms with Crippen LogP contribution in [0.1, 0.15) is 28.5 Å². The van der Waals surface area contributed by atoms with Crippen LogP contribution >= 0.6 is 0 Å². The fourth-order valence-electron chi connectivity index (χ4n) is 4.37. The lowest BCUT2D eigenvalue weighted by atomic mass is 10.1. The van der Waals surface area contributed by atoms with E-state index in [2.05, 4.69) is 10.1 Å². The third-order valence-electron chi connectivity index (χ3n) is 6.16. The van der Waals surface area contributed by atoms with E-state index in [1.165, 1.54) is 18.3 Å². The first-order valence-electron chi connectivity index (χ1n) is 12.2. The molecule has 5 aromatic rings. The molecule has 0 radical (unpaired) electrons. The maximum absolute atomic E-state index is 14.2. The molecule has 0 aliphatic heterocycles. The van der Waals surface area contributed by atoms with Crippen molar-refractivity contribution in [1.82, 2.24) is 14.8 Å². The normalized spacial score (nSPS) is 11.5. The Hall–Kier alpha value is -4.57. The molecule has 0 aliphatic carbocycles. The summed E-state index contributed by atoms with van der Waals surface area (Å²) in [7, 11) is -4.31. The Morgan fingerprint density at radius 3 is 2.26 bits per heavy atom. The minimum atomic E-state index is -4.31. The van der Waals surface area contributed by atoms with Gasteiger partial charge >= 0.3 is 5.97 Å². The zero-order valence-electron chi connectivity index (χ0n) is 21.3. The smallest absolute Gasteiger partial charge is 0.341 e. The van der Waals surface area contributed by atoms with Crippen LogP contribution in [0.25, 0.3) is 16.7 Å². The van der Waals surface area contributed by atoms with E-state index in [4.69, 9.17) is 4.74 Å². The van der Waals surface area contributed by atoms with Crippen LogP contribution in [0.5, 0.6) is 0 Å². The van der Waals surface area contributed by atoms with Gasteiger partial charge in [0.2, 0.25) is 0 Å². The number of carbonyl (C=O) groups excluding carboxylic acids is 1. The Labute approximate surface area is 225 Å². The molecule has 0 unspecified atom stereocenters. The van der Waals surface area contributed by atoms with Crippen LogP contribution in [0.15, 0.2) is 96.0 Å². The number of halogens is 1. The Morgan fingerprint density at radius 2 is 1.62 bits per heavy atom. The summed E-state index contributed by atoms with van der Waals surface area (Å²) in [5.41, 5.74) is 2.29. The van der Waals surface area contributed by atoms with Gasteiger partial charge < -0.3 is 4.74 Å². The minimum absolute atomic E-state index is 0.0262. The van der Waals surface area contributed by atoms with Crippen LogP contribution < -0.4 is 4.31 Å². The van der Waals surface area contributed by atoms with Gasteiger partial charge in [-0.3, -0.25) is 4.31 Å². The lowest BCUT2D eigenvalue weighted by molar-refractivity contribution is 0.0527. The molecule has 198 valence electrons. The summed E-state index contributed by atoms with van der Waals surface area (Å²) in [6, 6.07) is 22.8. The van der Waals surface area contributed by atoms with Crippen LogP contribution in [0.2, 0.25) is 0 Å². The van der Waals surface area contributed by atoms with Crippen molar-refractivity contribution in [2.24, 2.45) is 0 Å². The first-order chi connectivity index (χ1) is 18.8. The summed E-state index contributed by atoms with van der Waals surface area (Å²) in [6.07, 6.45) is 1.31. The monoisotopic (exact) mass is 544 g/mol. The number of sulfonamides is 1. The van der Waals surface area contributed by atoms with Crippen molar-refractivity contribution in [3.8, 4) is 5.69 Å². The Kier molecular flexibility index (Phi) is 7.12. The van der Waals surface area contributed by atoms with E-state index in [-0.39, 0.29) is 29.3 Å². The highest BCUT2D eigenvalue weighted by molar-refractivity contribution is 7.92. The van der Waals surface area contributed by atoms with Gasteiger partial charge in [0.1, 0.15) is 11.4 Å². The second kappa shape index (κ2) is 10.7. The number of nitrogens with zero attached hydrogens (tertiary/aromatic N) is 4. The van der Waals surface area contributed by atoms with E-state index in [0.717, 1.165) is 16.4 Å². The maximum Gasteiger partial charge on any atom is 0.341 e. The van der Waals surface area contributed by atoms with Crippen LogP contribution in [0.3, 0.4) is 0 Å². The average Bonchev–Trinajstić information content (AvgIpc) is 3.29. The van der Waals surface area contributed by atoms with Gasteiger partial charge in [0.05, 0.1) is 40.5 Å². The van der Waals surface area contributed by atoms with Crippen LogP contribution in [0.4, 0.5) is 10.1 Å². The fourth-order valence-corrected chi connectivity index (χ4v) is 5.85. The number of fused-ring (bicyclic) bond motifs is 1. The molecule has 0 saturated carbocycles. The number of rotatable bonds is 8.